The minimum absolute atomic E-state index is 0.117. The molecule has 0 radical (unpaired) electrons. The zero-order valence-electron chi connectivity index (χ0n) is 14.3. The molecule has 8 heteroatoms. The average molecular weight is 426 g/mol. The van der Waals surface area contributed by atoms with E-state index in [1.165, 1.54) is 18.3 Å². The number of hydrogen-bond acceptors (Lipinski definition) is 4. The topological polar surface area (TPSA) is 64.4 Å². The predicted molar refractivity (Wildman–Crippen MR) is 110 cm³/mol. The molecule has 0 spiro atoms. The van der Waals surface area contributed by atoms with Crippen LogP contribution < -0.4 is 10.2 Å². The molecule has 0 aliphatic carbocycles. The zero-order chi connectivity index (χ0) is 19.7. The lowest BCUT2D eigenvalue weighted by Gasteiger charge is -2.19. The van der Waals surface area contributed by atoms with Gasteiger partial charge >= 0.3 is 0 Å². The molecule has 2 heterocycles. The number of pyridine rings is 2. The average Bonchev–Trinajstić information content (AvgIpc) is 2.62. The molecule has 5 nitrogen and oxygen atoms in total. The molecular formula is C19H15Cl3N2O3. The SMILES string of the molecule is C=Cc1ncc(Cl)c2c1c(=O)cc(C)n2-c1c(Cl)cc(OCCO)cc1Cl. The maximum absolute atomic E-state index is 12.6. The van der Waals surface area contributed by atoms with E-state index in [-0.39, 0.29) is 23.7 Å². The molecule has 0 aliphatic rings. The molecule has 0 atom stereocenters. The van der Waals surface area contributed by atoms with Crippen molar-refractivity contribution in [2.45, 2.75) is 6.92 Å². The largest absolute Gasteiger partial charge is 0.491 e. The normalized spacial score (nSPS) is 11.0. The van der Waals surface area contributed by atoms with Crippen LogP contribution in [0.3, 0.4) is 0 Å². The highest BCUT2D eigenvalue weighted by molar-refractivity contribution is 6.39. The maximum Gasteiger partial charge on any atom is 0.191 e. The summed E-state index contributed by atoms with van der Waals surface area (Å²) in [6.07, 6.45) is 2.95. The van der Waals surface area contributed by atoms with E-state index in [1.54, 1.807) is 23.6 Å². The number of benzene rings is 1. The lowest BCUT2D eigenvalue weighted by atomic mass is 10.1. The standard InChI is InChI=1S/C19H15Cl3N2O3/c1-3-15-17-16(26)6-10(2)24(19(17)14(22)9-23-15)18-12(20)7-11(8-13(18)21)27-5-4-25/h3,6-9,25H,1,4-5H2,2H3. The highest BCUT2D eigenvalue weighted by Gasteiger charge is 2.19. The van der Waals surface area contributed by atoms with Crippen molar-refractivity contribution in [1.29, 1.82) is 0 Å². The van der Waals surface area contributed by atoms with Crippen LogP contribution in [0.1, 0.15) is 11.4 Å². The lowest BCUT2D eigenvalue weighted by Crippen LogP contribution is -2.14. The van der Waals surface area contributed by atoms with Gasteiger partial charge in [0.15, 0.2) is 5.43 Å². The molecule has 140 valence electrons. The third-order valence-corrected chi connectivity index (χ3v) is 4.82. The van der Waals surface area contributed by atoms with E-state index in [4.69, 9.17) is 44.6 Å². The molecular weight excluding hydrogens is 411 g/mol. The molecule has 0 aliphatic heterocycles. The summed E-state index contributed by atoms with van der Waals surface area (Å²) in [6.45, 7) is 5.45. The second kappa shape index (κ2) is 7.90. The molecule has 0 saturated heterocycles. The minimum Gasteiger partial charge on any atom is -0.491 e. The molecule has 0 amide bonds. The van der Waals surface area contributed by atoms with Crippen molar-refractivity contribution in [2.24, 2.45) is 0 Å². The zero-order valence-corrected chi connectivity index (χ0v) is 16.6. The monoisotopic (exact) mass is 424 g/mol. The summed E-state index contributed by atoms with van der Waals surface area (Å²) in [6, 6.07) is 4.65. The molecule has 2 aromatic heterocycles. The van der Waals surface area contributed by atoms with Crippen LogP contribution in [-0.4, -0.2) is 27.9 Å². The molecule has 0 bridgehead atoms. The number of nitrogens with zero attached hydrogens (tertiary/aromatic N) is 2. The first-order valence-electron chi connectivity index (χ1n) is 7.95. The first-order valence-corrected chi connectivity index (χ1v) is 9.08. The molecule has 0 saturated carbocycles. The van der Waals surface area contributed by atoms with E-state index in [1.807, 2.05) is 0 Å². The maximum atomic E-state index is 12.6. The summed E-state index contributed by atoms with van der Waals surface area (Å²) in [7, 11) is 0. The van der Waals surface area contributed by atoms with E-state index in [0.29, 0.717) is 43.8 Å². The van der Waals surface area contributed by atoms with E-state index in [0.717, 1.165) is 0 Å². The minimum atomic E-state index is -0.223. The van der Waals surface area contributed by atoms with Crippen molar-refractivity contribution in [2.75, 3.05) is 13.2 Å². The molecule has 1 aromatic carbocycles. The van der Waals surface area contributed by atoms with E-state index in [9.17, 15) is 4.79 Å². The van der Waals surface area contributed by atoms with Crippen molar-refractivity contribution in [3.8, 4) is 11.4 Å². The summed E-state index contributed by atoms with van der Waals surface area (Å²) in [5.74, 6) is 0.422. The molecule has 0 fully saturated rings. The summed E-state index contributed by atoms with van der Waals surface area (Å²) in [4.78, 5) is 16.8. The number of halogens is 3. The first kappa shape index (κ1) is 19.7. The van der Waals surface area contributed by atoms with Gasteiger partial charge in [-0.3, -0.25) is 9.78 Å². The lowest BCUT2D eigenvalue weighted by molar-refractivity contribution is 0.201. The Kier molecular flexibility index (Phi) is 5.77. The fourth-order valence-electron chi connectivity index (χ4n) is 2.90. The van der Waals surface area contributed by atoms with E-state index < -0.39 is 0 Å². The number of aliphatic hydroxyl groups is 1. The Morgan fingerprint density at radius 3 is 2.48 bits per heavy atom. The van der Waals surface area contributed by atoms with Crippen molar-refractivity contribution in [3.63, 3.8) is 0 Å². The van der Waals surface area contributed by atoms with Gasteiger partial charge in [0.1, 0.15) is 12.4 Å². The van der Waals surface area contributed by atoms with Crippen LogP contribution >= 0.6 is 34.8 Å². The second-order valence-corrected chi connectivity index (χ2v) is 6.93. The van der Waals surface area contributed by atoms with Crippen LogP contribution in [0.4, 0.5) is 0 Å². The second-order valence-electron chi connectivity index (χ2n) is 5.71. The molecule has 1 N–H and O–H groups in total. The van der Waals surface area contributed by atoms with Gasteiger partial charge in [0.05, 0.1) is 44.0 Å². The summed E-state index contributed by atoms with van der Waals surface area (Å²) < 4.78 is 7.09. The quantitative estimate of drug-likeness (QED) is 0.645. The Morgan fingerprint density at radius 2 is 1.89 bits per heavy atom. The van der Waals surface area contributed by atoms with E-state index in [2.05, 4.69) is 11.6 Å². The number of aryl methyl sites for hydroxylation is 1. The fourth-order valence-corrected chi connectivity index (χ4v) is 3.77. The van der Waals surface area contributed by atoms with E-state index >= 15 is 0 Å². The number of aromatic nitrogens is 2. The van der Waals surface area contributed by atoms with Gasteiger partial charge in [-0.05, 0) is 13.0 Å². The molecule has 3 aromatic rings. The Balaban J connectivity index is 2.39. The van der Waals surface area contributed by atoms with Gasteiger partial charge < -0.3 is 14.4 Å². The number of hydrogen-bond donors (Lipinski definition) is 1. The highest BCUT2D eigenvalue weighted by Crippen LogP contribution is 2.37. The number of fused-ring (bicyclic) bond motifs is 1. The van der Waals surface area contributed by atoms with Crippen LogP contribution in [0.25, 0.3) is 22.7 Å². The summed E-state index contributed by atoms with van der Waals surface area (Å²) in [5.41, 5.74) is 1.70. The number of rotatable bonds is 5. The first-order chi connectivity index (χ1) is 12.9. The van der Waals surface area contributed by atoms with Crippen molar-refractivity contribution < 1.29 is 9.84 Å². The van der Waals surface area contributed by atoms with Gasteiger partial charge in [0.2, 0.25) is 0 Å². The number of aliphatic hydroxyl groups excluding tert-OH is 1. The smallest absolute Gasteiger partial charge is 0.191 e. The Labute approximate surface area is 170 Å². The number of ether oxygens (including phenoxy) is 1. The van der Waals surface area contributed by atoms with Crippen LogP contribution in [0, 0.1) is 6.92 Å². The van der Waals surface area contributed by atoms with Gasteiger partial charge in [-0.2, -0.15) is 0 Å². The van der Waals surface area contributed by atoms with Gasteiger partial charge in [-0.25, -0.2) is 0 Å². The van der Waals surface area contributed by atoms with Gasteiger partial charge in [-0.1, -0.05) is 41.4 Å². The summed E-state index contributed by atoms with van der Waals surface area (Å²) >= 11 is 19.4. The van der Waals surface area contributed by atoms with Gasteiger partial charge in [0.25, 0.3) is 0 Å². The molecule has 0 unspecified atom stereocenters. The van der Waals surface area contributed by atoms with Gasteiger partial charge in [0, 0.05) is 30.1 Å². The van der Waals surface area contributed by atoms with Crippen LogP contribution in [-0.2, 0) is 0 Å². The third-order valence-electron chi connectivity index (χ3n) is 3.97. The Hall–Kier alpha value is -2.05. The highest BCUT2D eigenvalue weighted by atomic mass is 35.5. The van der Waals surface area contributed by atoms with Gasteiger partial charge in [-0.15, -0.1) is 0 Å². The Bertz CT molecular complexity index is 1090. The van der Waals surface area contributed by atoms with Crippen molar-refractivity contribution >= 4 is 51.8 Å². The third kappa shape index (κ3) is 3.56. The van der Waals surface area contributed by atoms with Crippen molar-refractivity contribution in [1.82, 2.24) is 9.55 Å². The molecule has 27 heavy (non-hydrogen) atoms. The predicted octanol–water partition coefficient (Wildman–Crippen LogP) is 4.67. The Morgan fingerprint density at radius 1 is 1.22 bits per heavy atom. The van der Waals surface area contributed by atoms with Crippen LogP contribution in [0.15, 0.2) is 35.8 Å². The van der Waals surface area contributed by atoms with Crippen LogP contribution in [0.5, 0.6) is 5.75 Å². The molecule has 3 rings (SSSR count). The van der Waals surface area contributed by atoms with Crippen molar-refractivity contribution in [3.05, 3.63) is 67.7 Å². The van der Waals surface area contributed by atoms with Crippen LogP contribution in [0.2, 0.25) is 15.1 Å². The summed E-state index contributed by atoms with van der Waals surface area (Å²) in [5, 5.41) is 10.1. The fraction of sp³-hybridized carbons (Fsp3) is 0.158.